The number of rotatable bonds is 8. The number of tetrazole rings is 1. The summed E-state index contributed by atoms with van der Waals surface area (Å²) < 4.78 is 12.5. The van der Waals surface area contributed by atoms with E-state index in [1.165, 1.54) is 6.33 Å². The maximum absolute atomic E-state index is 9.87. The van der Waals surface area contributed by atoms with Gasteiger partial charge in [0.15, 0.2) is 0 Å². The molecule has 2 heterocycles. The highest BCUT2D eigenvalue weighted by Crippen LogP contribution is 2.14. The molecular formula is C15H16N4O3S. The number of aliphatic hydroxyl groups excluding tert-OH is 1. The van der Waals surface area contributed by atoms with Crippen LogP contribution in [0.3, 0.4) is 0 Å². The highest BCUT2D eigenvalue weighted by molar-refractivity contribution is 7.09. The molecule has 23 heavy (non-hydrogen) atoms. The monoisotopic (exact) mass is 332 g/mol. The van der Waals surface area contributed by atoms with Crippen LogP contribution in [0.15, 0.2) is 48.1 Å². The lowest BCUT2D eigenvalue weighted by Crippen LogP contribution is -2.23. The number of hydrogen-bond acceptors (Lipinski definition) is 7. The van der Waals surface area contributed by atoms with E-state index in [4.69, 9.17) is 9.47 Å². The maximum atomic E-state index is 9.87. The minimum Gasteiger partial charge on any atom is -0.491 e. The fourth-order valence-corrected chi connectivity index (χ4v) is 2.55. The Balaban J connectivity index is 1.41. The zero-order chi connectivity index (χ0) is 15.9. The number of benzene rings is 1. The van der Waals surface area contributed by atoms with Crippen LogP contribution >= 0.6 is 11.3 Å². The summed E-state index contributed by atoms with van der Waals surface area (Å²) in [6.07, 6.45) is 0.846. The van der Waals surface area contributed by atoms with Crippen LogP contribution in [0.1, 0.15) is 4.88 Å². The second-order valence-corrected chi connectivity index (χ2v) is 5.84. The molecule has 8 heteroatoms. The minimum atomic E-state index is -0.672. The van der Waals surface area contributed by atoms with E-state index < -0.39 is 6.10 Å². The zero-order valence-corrected chi connectivity index (χ0v) is 13.1. The molecule has 0 radical (unpaired) electrons. The van der Waals surface area contributed by atoms with Gasteiger partial charge in [0.1, 0.15) is 24.8 Å². The largest absolute Gasteiger partial charge is 0.491 e. The van der Waals surface area contributed by atoms with E-state index in [0.717, 1.165) is 10.6 Å². The van der Waals surface area contributed by atoms with Crippen molar-refractivity contribution in [3.63, 3.8) is 0 Å². The molecule has 1 aromatic carbocycles. The Morgan fingerprint density at radius 3 is 2.74 bits per heavy atom. The van der Waals surface area contributed by atoms with Crippen LogP contribution in [0.25, 0.3) is 5.69 Å². The number of aliphatic hydroxyl groups is 1. The van der Waals surface area contributed by atoms with Crippen LogP contribution in [0.2, 0.25) is 0 Å². The Labute approximate surface area is 137 Å². The first-order chi connectivity index (χ1) is 11.3. The lowest BCUT2D eigenvalue weighted by Gasteiger charge is -2.12. The van der Waals surface area contributed by atoms with Crippen molar-refractivity contribution in [2.75, 3.05) is 13.2 Å². The van der Waals surface area contributed by atoms with Crippen LogP contribution in [0.5, 0.6) is 5.75 Å². The molecule has 7 nitrogen and oxygen atoms in total. The summed E-state index contributed by atoms with van der Waals surface area (Å²) in [5, 5.41) is 22.8. The molecule has 0 aliphatic rings. The first-order valence-electron chi connectivity index (χ1n) is 7.05. The standard InChI is InChI=1S/C15H16N4O3S/c20-13(8-21-10-15-2-1-7-23-15)9-22-14-5-3-12(4-6-14)19-11-16-17-18-19/h1-7,11,13,20H,8-10H2. The summed E-state index contributed by atoms with van der Waals surface area (Å²) in [6.45, 7) is 0.921. The van der Waals surface area contributed by atoms with Crippen molar-refractivity contribution in [2.24, 2.45) is 0 Å². The third-order valence-electron chi connectivity index (χ3n) is 3.03. The van der Waals surface area contributed by atoms with Crippen LogP contribution in [-0.2, 0) is 11.3 Å². The molecule has 0 bridgehead atoms. The third-order valence-corrected chi connectivity index (χ3v) is 3.88. The number of hydrogen-bond donors (Lipinski definition) is 1. The molecule has 0 fully saturated rings. The van der Waals surface area contributed by atoms with Crippen molar-refractivity contribution in [3.05, 3.63) is 53.0 Å². The Bertz CT molecular complexity index is 686. The summed E-state index contributed by atoms with van der Waals surface area (Å²) in [5.41, 5.74) is 0.835. The highest BCUT2D eigenvalue weighted by Gasteiger charge is 2.07. The van der Waals surface area contributed by atoms with Crippen molar-refractivity contribution in [1.82, 2.24) is 20.2 Å². The van der Waals surface area contributed by atoms with Gasteiger partial charge in [-0.05, 0) is 46.1 Å². The molecule has 120 valence electrons. The smallest absolute Gasteiger partial charge is 0.143 e. The highest BCUT2D eigenvalue weighted by atomic mass is 32.1. The van der Waals surface area contributed by atoms with Gasteiger partial charge >= 0.3 is 0 Å². The Morgan fingerprint density at radius 1 is 1.17 bits per heavy atom. The average molecular weight is 332 g/mol. The molecule has 1 unspecified atom stereocenters. The summed E-state index contributed by atoms with van der Waals surface area (Å²) in [6, 6.07) is 11.3. The van der Waals surface area contributed by atoms with Crippen LogP contribution in [0, 0.1) is 0 Å². The summed E-state index contributed by atoms with van der Waals surface area (Å²) >= 11 is 1.63. The van der Waals surface area contributed by atoms with Gasteiger partial charge < -0.3 is 14.6 Å². The number of aromatic nitrogens is 4. The molecule has 1 N–H and O–H groups in total. The van der Waals surface area contributed by atoms with Crippen LogP contribution in [0.4, 0.5) is 0 Å². The molecule has 0 spiro atoms. The van der Waals surface area contributed by atoms with Gasteiger partial charge in [0, 0.05) is 4.88 Å². The number of ether oxygens (including phenoxy) is 2. The molecule has 0 saturated carbocycles. The van der Waals surface area contributed by atoms with Crippen molar-refractivity contribution in [3.8, 4) is 11.4 Å². The molecule has 3 rings (SSSR count). The van der Waals surface area contributed by atoms with Gasteiger partial charge in [-0.3, -0.25) is 0 Å². The van der Waals surface area contributed by atoms with Gasteiger partial charge in [0.05, 0.1) is 18.9 Å². The predicted molar refractivity (Wildman–Crippen MR) is 84.6 cm³/mol. The summed E-state index contributed by atoms with van der Waals surface area (Å²) in [5.74, 6) is 0.666. The van der Waals surface area contributed by atoms with Crippen LogP contribution < -0.4 is 4.74 Å². The van der Waals surface area contributed by atoms with E-state index >= 15 is 0 Å². The van der Waals surface area contributed by atoms with E-state index in [1.54, 1.807) is 28.2 Å². The lowest BCUT2D eigenvalue weighted by molar-refractivity contribution is 0.00625. The summed E-state index contributed by atoms with van der Waals surface area (Å²) in [4.78, 5) is 1.14. The normalized spacial score (nSPS) is 12.2. The molecule has 0 saturated heterocycles. The Morgan fingerprint density at radius 2 is 2.04 bits per heavy atom. The first-order valence-corrected chi connectivity index (χ1v) is 7.93. The number of thiophene rings is 1. The number of nitrogens with zero attached hydrogens (tertiary/aromatic N) is 4. The van der Waals surface area contributed by atoms with Gasteiger partial charge in [-0.15, -0.1) is 16.4 Å². The van der Waals surface area contributed by atoms with Crippen molar-refractivity contribution < 1.29 is 14.6 Å². The van der Waals surface area contributed by atoms with Gasteiger partial charge in [-0.1, -0.05) is 6.07 Å². The SMILES string of the molecule is OC(COCc1cccs1)COc1ccc(-n2cnnn2)cc1. The van der Waals surface area contributed by atoms with E-state index in [9.17, 15) is 5.11 Å². The Kier molecular flexibility index (Phi) is 5.30. The van der Waals surface area contributed by atoms with Crippen molar-refractivity contribution in [1.29, 1.82) is 0 Å². The third kappa shape index (κ3) is 4.59. The van der Waals surface area contributed by atoms with Crippen molar-refractivity contribution >= 4 is 11.3 Å². The van der Waals surface area contributed by atoms with E-state index in [2.05, 4.69) is 15.5 Å². The topological polar surface area (TPSA) is 82.3 Å². The first kappa shape index (κ1) is 15.6. The predicted octanol–water partition coefficient (Wildman–Crippen LogP) is 1.68. The maximum Gasteiger partial charge on any atom is 0.143 e. The van der Waals surface area contributed by atoms with Gasteiger partial charge in [-0.2, -0.15) is 0 Å². The molecular weight excluding hydrogens is 316 g/mol. The molecule has 0 amide bonds. The van der Waals surface area contributed by atoms with Crippen LogP contribution in [-0.4, -0.2) is 44.6 Å². The second kappa shape index (κ2) is 7.82. The van der Waals surface area contributed by atoms with Gasteiger partial charge in [0.25, 0.3) is 0 Å². The fraction of sp³-hybridized carbons (Fsp3) is 0.267. The average Bonchev–Trinajstić information content (AvgIpc) is 3.27. The molecule has 3 aromatic rings. The second-order valence-electron chi connectivity index (χ2n) is 4.81. The quantitative estimate of drug-likeness (QED) is 0.676. The van der Waals surface area contributed by atoms with Crippen molar-refractivity contribution in [2.45, 2.75) is 12.7 Å². The van der Waals surface area contributed by atoms with E-state index in [1.807, 2.05) is 29.6 Å². The molecule has 0 aliphatic heterocycles. The summed E-state index contributed by atoms with van der Waals surface area (Å²) in [7, 11) is 0. The van der Waals surface area contributed by atoms with Gasteiger partial charge in [-0.25, -0.2) is 4.68 Å². The zero-order valence-electron chi connectivity index (χ0n) is 12.3. The molecule has 1 atom stereocenters. The fourth-order valence-electron chi connectivity index (χ4n) is 1.91. The molecule has 2 aromatic heterocycles. The van der Waals surface area contributed by atoms with E-state index in [-0.39, 0.29) is 13.2 Å². The minimum absolute atomic E-state index is 0.175. The van der Waals surface area contributed by atoms with Gasteiger partial charge in [0.2, 0.25) is 0 Å². The lowest BCUT2D eigenvalue weighted by atomic mass is 10.3. The molecule has 0 aliphatic carbocycles. The van der Waals surface area contributed by atoms with E-state index in [0.29, 0.717) is 12.4 Å². The Hall–Kier alpha value is -2.29.